The third-order valence-corrected chi connectivity index (χ3v) is 4.93. The lowest BCUT2D eigenvalue weighted by molar-refractivity contribution is 0.00578. The number of carbonyl (C=O) groups excluding carboxylic acids is 1. The van der Waals surface area contributed by atoms with Gasteiger partial charge in [-0.2, -0.15) is 0 Å². The summed E-state index contributed by atoms with van der Waals surface area (Å²) in [5, 5.41) is 2.90. The van der Waals surface area contributed by atoms with Gasteiger partial charge < -0.3 is 14.6 Å². The van der Waals surface area contributed by atoms with E-state index in [2.05, 4.69) is 11.4 Å². The maximum absolute atomic E-state index is 12.1. The van der Waals surface area contributed by atoms with Gasteiger partial charge in [-0.1, -0.05) is 6.07 Å². The molecule has 0 atom stereocenters. The van der Waals surface area contributed by atoms with Crippen LogP contribution in [0.4, 0.5) is 0 Å². The molecule has 21 heavy (non-hydrogen) atoms. The number of hydrogen-bond acceptors (Lipinski definition) is 3. The van der Waals surface area contributed by atoms with Crippen molar-refractivity contribution in [3.63, 3.8) is 0 Å². The van der Waals surface area contributed by atoms with Crippen molar-refractivity contribution in [2.75, 3.05) is 6.54 Å². The third-order valence-electron chi connectivity index (χ3n) is 4.93. The third kappa shape index (κ3) is 2.28. The first kappa shape index (κ1) is 14.6. The van der Waals surface area contributed by atoms with Crippen LogP contribution in [-0.4, -0.2) is 30.8 Å². The van der Waals surface area contributed by atoms with Crippen LogP contribution in [0.15, 0.2) is 12.1 Å². The molecule has 0 bridgehead atoms. The maximum atomic E-state index is 12.1. The number of rotatable bonds is 1. The fourth-order valence-electron chi connectivity index (χ4n) is 2.89. The molecule has 4 nitrogen and oxygen atoms in total. The second-order valence-electron chi connectivity index (χ2n) is 6.96. The lowest BCUT2D eigenvalue weighted by atomic mass is 9.75. The van der Waals surface area contributed by atoms with Crippen LogP contribution < -0.4 is 10.8 Å². The molecule has 1 fully saturated rings. The first-order valence-corrected chi connectivity index (χ1v) is 7.48. The molecule has 1 saturated heterocycles. The Morgan fingerprint density at radius 1 is 1.14 bits per heavy atom. The van der Waals surface area contributed by atoms with Crippen molar-refractivity contribution in [1.82, 2.24) is 5.32 Å². The Labute approximate surface area is 126 Å². The summed E-state index contributed by atoms with van der Waals surface area (Å²) in [6.07, 6.45) is 0.885. The summed E-state index contributed by atoms with van der Waals surface area (Å²) in [6, 6.07) is 4.00. The fourth-order valence-corrected chi connectivity index (χ4v) is 2.89. The van der Waals surface area contributed by atoms with E-state index in [0.717, 1.165) is 28.6 Å². The van der Waals surface area contributed by atoms with Crippen molar-refractivity contribution in [1.29, 1.82) is 0 Å². The van der Waals surface area contributed by atoms with Gasteiger partial charge in [-0.15, -0.1) is 0 Å². The fraction of sp³-hybridized carbons (Fsp3) is 0.562. The molecule has 112 valence electrons. The first-order valence-electron chi connectivity index (χ1n) is 7.48. The summed E-state index contributed by atoms with van der Waals surface area (Å²) in [5.74, 6) is -0.00211. The van der Waals surface area contributed by atoms with Crippen molar-refractivity contribution < 1.29 is 14.1 Å². The number of fused-ring (bicyclic) bond motifs is 1. The molecule has 2 aliphatic heterocycles. The Hall–Kier alpha value is -1.33. The Morgan fingerprint density at radius 3 is 2.38 bits per heavy atom. The molecule has 0 saturated carbocycles. The van der Waals surface area contributed by atoms with E-state index < -0.39 is 7.12 Å². The Kier molecular flexibility index (Phi) is 3.19. The lowest BCUT2D eigenvalue weighted by Gasteiger charge is -2.32. The van der Waals surface area contributed by atoms with Crippen molar-refractivity contribution in [2.45, 2.75) is 52.2 Å². The normalized spacial score (nSPS) is 22.9. The topological polar surface area (TPSA) is 47.6 Å². The summed E-state index contributed by atoms with van der Waals surface area (Å²) in [5.41, 5.74) is 3.20. The molecule has 1 aromatic carbocycles. The number of amides is 1. The van der Waals surface area contributed by atoms with E-state index in [9.17, 15) is 4.79 Å². The monoisotopic (exact) mass is 287 g/mol. The average Bonchev–Trinajstić information content (AvgIpc) is 2.60. The second-order valence-corrected chi connectivity index (χ2v) is 6.96. The molecular weight excluding hydrogens is 265 g/mol. The van der Waals surface area contributed by atoms with E-state index in [1.807, 2.05) is 40.7 Å². The van der Waals surface area contributed by atoms with Gasteiger partial charge in [0, 0.05) is 12.1 Å². The van der Waals surface area contributed by atoms with Crippen LogP contribution >= 0.6 is 0 Å². The Balaban J connectivity index is 2.00. The van der Waals surface area contributed by atoms with Gasteiger partial charge in [-0.05, 0) is 63.7 Å². The van der Waals surface area contributed by atoms with E-state index in [4.69, 9.17) is 9.31 Å². The van der Waals surface area contributed by atoms with Gasteiger partial charge >= 0.3 is 7.12 Å². The number of aryl methyl sites for hydroxylation is 1. The lowest BCUT2D eigenvalue weighted by Crippen LogP contribution is -2.41. The number of carbonyl (C=O) groups is 1. The van der Waals surface area contributed by atoms with Crippen LogP contribution in [0, 0.1) is 6.92 Å². The number of nitrogens with one attached hydrogen (secondary N) is 1. The standard InChI is InChI=1S/C16H22BNO3/c1-10-8-11(9-13-12(10)6-7-18-14(13)19)17-20-15(2,3)16(4,5)21-17/h8-9H,6-7H2,1-5H3,(H,18,19). The minimum absolute atomic E-state index is 0.00211. The second kappa shape index (κ2) is 4.58. The van der Waals surface area contributed by atoms with Gasteiger partial charge in [0.2, 0.25) is 0 Å². The van der Waals surface area contributed by atoms with Crippen LogP contribution in [0.1, 0.15) is 49.2 Å². The molecule has 0 spiro atoms. The minimum atomic E-state index is -0.422. The van der Waals surface area contributed by atoms with E-state index in [1.165, 1.54) is 0 Å². The van der Waals surface area contributed by atoms with Gasteiger partial charge in [0.1, 0.15) is 0 Å². The van der Waals surface area contributed by atoms with Gasteiger partial charge in [0.25, 0.3) is 5.91 Å². The van der Waals surface area contributed by atoms with Crippen molar-refractivity contribution in [3.8, 4) is 0 Å². The van der Waals surface area contributed by atoms with Crippen LogP contribution in [0.25, 0.3) is 0 Å². The zero-order valence-electron chi connectivity index (χ0n) is 13.4. The Bertz CT molecular complexity index is 594. The van der Waals surface area contributed by atoms with Gasteiger partial charge in [0.15, 0.2) is 0 Å². The summed E-state index contributed by atoms with van der Waals surface area (Å²) < 4.78 is 12.2. The quantitative estimate of drug-likeness (QED) is 0.798. The molecule has 1 amide bonds. The SMILES string of the molecule is Cc1cc(B2OC(C)(C)C(C)(C)O2)cc2c1CCNC2=O. The molecule has 5 heteroatoms. The van der Waals surface area contributed by atoms with Crippen LogP contribution in [0.5, 0.6) is 0 Å². The van der Waals surface area contributed by atoms with Crippen molar-refractivity contribution in [3.05, 3.63) is 28.8 Å². The van der Waals surface area contributed by atoms with Crippen molar-refractivity contribution in [2.24, 2.45) is 0 Å². The first-order chi connectivity index (χ1) is 9.71. The largest absolute Gasteiger partial charge is 0.494 e. The zero-order chi connectivity index (χ0) is 15.4. The van der Waals surface area contributed by atoms with Gasteiger partial charge in [-0.25, -0.2) is 0 Å². The van der Waals surface area contributed by atoms with Gasteiger partial charge in [-0.3, -0.25) is 4.79 Å². The van der Waals surface area contributed by atoms with E-state index in [0.29, 0.717) is 6.54 Å². The summed E-state index contributed by atoms with van der Waals surface area (Å²) in [4.78, 5) is 12.1. The highest BCUT2D eigenvalue weighted by Gasteiger charge is 2.51. The molecule has 2 heterocycles. The van der Waals surface area contributed by atoms with E-state index in [1.54, 1.807) is 0 Å². The smallest absolute Gasteiger partial charge is 0.399 e. The Morgan fingerprint density at radius 2 is 1.76 bits per heavy atom. The highest BCUT2D eigenvalue weighted by Crippen LogP contribution is 2.36. The van der Waals surface area contributed by atoms with Crippen LogP contribution in [-0.2, 0) is 15.7 Å². The van der Waals surface area contributed by atoms with Crippen LogP contribution in [0.2, 0.25) is 0 Å². The zero-order valence-corrected chi connectivity index (χ0v) is 13.4. The maximum Gasteiger partial charge on any atom is 0.494 e. The molecule has 0 aromatic heterocycles. The van der Waals surface area contributed by atoms with E-state index >= 15 is 0 Å². The molecular formula is C16H22BNO3. The molecule has 0 radical (unpaired) electrons. The number of benzene rings is 1. The molecule has 0 unspecified atom stereocenters. The number of hydrogen-bond donors (Lipinski definition) is 1. The van der Waals surface area contributed by atoms with Crippen molar-refractivity contribution >= 4 is 18.5 Å². The minimum Gasteiger partial charge on any atom is -0.399 e. The van der Waals surface area contributed by atoms with E-state index in [-0.39, 0.29) is 17.1 Å². The molecule has 3 rings (SSSR count). The molecule has 1 N–H and O–H groups in total. The van der Waals surface area contributed by atoms with Crippen LogP contribution in [0.3, 0.4) is 0 Å². The van der Waals surface area contributed by atoms with Gasteiger partial charge in [0.05, 0.1) is 11.2 Å². The summed E-state index contributed by atoms with van der Waals surface area (Å²) >= 11 is 0. The highest BCUT2D eigenvalue weighted by atomic mass is 16.7. The summed E-state index contributed by atoms with van der Waals surface area (Å²) in [7, 11) is -0.422. The molecule has 2 aliphatic rings. The summed E-state index contributed by atoms with van der Waals surface area (Å²) in [6.45, 7) is 10.9. The highest BCUT2D eigenvalue weighted by molar-refractivity contribution is 6.62. The molecule has 1 aromatic rings. The molecule has 0 aliphatic carbocycles. The predicted octanol–water partition coefficient (Wildman–Crippen LogP) is 1.58. The average molecular weight is 287 g/mol. The predicted molar refractivity (Wildman–Crippen MR) is 82.9 cm³/mol.